The van der Waals surface area contributed by atoms with Crippen molar-refractivity contribution >= 4 is 11.6 Å². The van der Waals surface area contributed by atoms with Crippen molar-refractivity contribution in [1.82, 2.24) is 0 Å². The van der Waals surface area contributed by atoms with E-state index in [1.807, 2.05) is 66.7 Å². The maximum absolute atomic E-state index is 14.2. The largest absolute Gasteiger partial charge is 0.207 e. The van der Waals surface area contributed by atoms with Crippen LogP contribution >= 0.6 is 11.6 Å². The molecule has 3 aromatic carbocycles. The fourth-order valence-corrected chi connectivity index (χ4v) is 3.62. The van der Waals surface area contributed by atoms with Gasteiger partial charge in [0, 0.05) is 11.4 Å². The van der Waals surface area contributed by atoms with E-state index >= 15 is 0 Å². The maximum atomic E-state index is 14.2. The molecule has 0 saturated carbocycles. The first kappa shape index (κ1) is 20.2. The molecule has 0 fully saturated rings. The van der Waals surface area contributed by atoms with E-state index < -0.39 is 0 Å². The molecule has 0 nitrogen and oxygen atoms in total. The molecule has 142 valence electrons. The Hall–Kier alpha value is -2.56. The summed E-state index contributed by atoms with van der Waals surface area (Å²) < 4.78 is 14.2. The zero-order valence-corrected chi connectivity index (χ0v) is 16.8. The van der Waals surface area contributed by atoms with Crippen molar-refractivity contribution in [1.29, 1.82) is 0 Å². The van der Waals surface area contributed by atoms with Crippen LogP contribution in [0.15, 0.2) is 72.8 Å². The summed E-state index contributed by atoms with van der Waals surface area (Å²) in [4.78, 5) is 0. The molecule has 28 heavy (non-hydrogen) atoms. The third-order valence-electron chi connectivity index (χ3n) is 5.29. The predicted octanol–water partition coefficient (Wildman–Crippen LogP) is 6.98. The van der Waals surface area contributed by atoms with Crippen molar-refractivity contribution in [3.63, 3.8) is 0 Å². The quantitative estimate of drug-likeness (QED) is 0.381. The molecule has 0 spiro atoms. The molecule has 0 heterocycles. The molecule has 3 rings (SSSR count). The second kappa shape index (κ2) is 9.09. The number of aryl methyl sites for hydroxylation is 1. The summed E-state index contributed by atoms with van der Waals surface area (Å²) in [6, 6.07) is 23.2. The highest BCUT2D eigenvalue weighted by atomic mass is 35.5. The summed E-state index contributed by atoms with van der Waals surface area (Å²) in [5, 5.41) is 0.709. The van der Waals surface area contributed by atoms with Crippen LogP contribution < -0.4 is 0 Å². The van der Waals surface area contributed by atoms with Crippen LogP contribution in [-0.2, 0) is 18.3 Å². The second-order valence-corrected chi connectivity index (χ2v) is 7.86. The normalized spacial score (nSPS) is 12.9. The van der Waals surface area contributed by atoms with Crippen molar-refractivity contribution in [2.75, 3.05) is 0 Å². The van der Waals surface area contributed by atoms with Gasteiger partial charge in [-0.25, -0.2) is 4.39 Å². The maximum Gasteiger partial charge on any atom is 0.126 e. The van der Waals surface area contributed by atoms with Gasteiger partial charge in [0.25, 0.3) is 0 Å². The highest BCUT2D eigenvalue weighted by molar-refractivity contribution is 6.30. The van der Waals surface area contributed by atoms with E-state index in [-0.39, 0.29) is 11.2 Å². The standard InChI is InChI=1S/C26H24ClF/c1-3-26(2,23-12-14-24(27)15-13-23)17-7-10-21-11-16-25(28)22(19-21)18-20-8-5-4-6-9-20/h1,4-6,8-9,11-16,19H,7,10,17-18H2,2H3. The minimum absolute atomic E-state index is 0.151. The molecule has 3 aromatic rings. The summed E-state index contributed by atoms with van der Waals surface area (Å²) in [6.45, 7) is 2.09. The Morgan fingerprint density at radius 1 is 0.964 bits per heavy atom. The van der Waals surface area contributed by atoms with Gasteiger partial charge in [0.05, 0.1) is 5.41 Å². The lowest BCUT2D eigenvalue weighted by atomic mass is 9.78. The fourth-order valence-electron chi connectivity index (χ4n) is 3.50. The summed E-state index contributed by atoms with van der Waals surface area (Å²) in [7, 11) is 0. The molecule has 0 bridgehead atoms. The van der Waals surface area contributed by atoms with Gasteiger partial charge in [0.1, 0.15) is 5.82 Å². The summed E-state index contributed by atoms with van der Waals surface area (Å²) in [5.74, 6) is 2.80. The van der Waals surface area contributed by atoms with Gasteiger partial charge in [-0.1, -0.05) is 72.1 Å². The molecular formula is C26H24ClF. The Morgan fingerprint density at radius 2 is 1.68 bits per heavy atom. The number of hydrogen-bond donors (Lipinski definition) is 0. The van der Waals surface area contributed by atoms with E-state index in [4.69, 9.17) is 18.0 Å². The van der Waals surface area contributed by atoms with E-state index in [1.54, 1.807) is 6.07 Å². The Balaban J connectivity index is 1.66. The van der Waals surface area contributed by atoms with E-state index in [0.717, 1.165) is 41.5 Å². The van der Waals surface area contributed by atoms with Gasteiger partial charge >= 0.3 is 0 Å². The molecule has 0 N–H and O–H groups in total. The molecule has 1 unspecified atom stereocenters. The lowest BCUT2D eigenvalue weighted by molar-refractivity contribution is 0.532. The number of terminal acetylenes is 1. The third-order valence-corrected chi connectivity index (χ3v) is 5.54. The Labute approximate surface area is 172 Å². The number of rotatable bonds is 7. The first-order valence-corrected chi connectivity index (χ1v) is 9.93. The number of benzene rings is 3. The van der Waals surface area contributed by atoms with E-state index in [0.29, 0.717) is 11.4 Å². The molecule has 2 heteroatoms. The van der Waals surface area contributed by atoms with Gasteiger partial charge < -0.3 is 0 Å². The van der Waals surface area contributed by atoms with Gasteiger partial charge in [0.15, 0.2) is 0 Å². The van der Waals surface area contributed by atoms with E-state index in [1.165, 1.54) is 0 Å². The number of hydrogen-bond acceptors (Lipinski definition) is 0. The molecular weight excluding hydrogens is 367 g/mol. The zero-order chi connectivity index (χ0) is 20.0. The van der Waals surface area contributed by atoms with Gasteiger partial charge in [-0.2, -0.15) is 0 Å². The Bertz CT molecular complexity index is 954. The SMILES string of the molecule is C#CC(C)(CCCc1ccc(F)c(Cc2ccccc2)c1)c1ccc(Cl)cc1. The Morgan fingerprint density at radius 3 is 2.36 bits per heavy atom. The van der Waals surface area contributed by atoms with Crippen LogP contribution in [0.3, 0.4) is 0 Å². The highest BCUT2D eigenvalue weighted by Gasteiger charge is 2.23. The molecule has 0 aliphatic carbocycles. The van der Waals surface area contributed by atoms with Crippen LogP contribution in [0, 0.1) is 18.2 Å². The fraction of sp³-hybridized carbons (Fsp3) is 0.231. The number of halogens is 2. The first-order chi connectivity index (χ1) is 13.5. The van der Waals surface area contributed by atoms with Crippen molar-refractivity contribution in [2.45, 2.75) is 38.0 Å². The van der Waals surface area contributed by atoms with Crippen molar-refractivity contribution in [2.24, 2.45) is 0 Å². The first-order valence-electron chi connectivity index (χ1n) is 9.55. The van der Waals surface area contributed by atoms with Gasteiger partial charge in [-0.05, 0) is 66.6 Å². The average molecular weight is 391 g/mol. The lowest BCUT2D eigenvalue weighted by Gasteiger charge is -2.24. The van der Waals surface area contributed by atoms with E-state index in [2.05, 4.69) is 12.8 Å². The molecule has 0 radical (unpaired) electrons. The smallest absolute Gasteiger partial charge is 0.126 e. The summed E-state index contributed by atoms with van der Waals surface area (Å²) in [5.41, 5.74) is 3.76. The lowest BCUT2D eigenvalue weighted by Crippen LogP contribution is -2.19. The van der Waals surface area contributed by atoms with Gasteiger partial charge in [-0.3, -0.25) is 0 Å². The molecule has 1 atom stereocenters. The van der Waals surface area contributed by atoms with Crippen molar-refractivity contribution < 1.29 is 4.39 Å². The van der Waals surface area contributed by atoms with Crippen LogP contribution in [0.2, 0.25) is 5.02 Å². The monoisotopic (exact) mass is 390 g/mol. The minimum atomic E-state index is -0.336. The van der Waals surface area contributed by atoms with E-state index in [9.17, 15) is 4.39 Å². The second-order valence-electron chi connectivity index (χ2n) is 7.43. The molecule has 0 aliphatic rings. The van der Waals surface area contributed by atoms with Crippen LogP contribution in [0.1, 0.15) is 42.0 Å². The van der Waals surface area contributed by atoms with Crippen LogP contribution in [0.5, 0.6) is 0 Å². The topological polar surface area (TPSA) is 0 Å². The summed E-state index contributed by atoms with van der Waals surface area (Å²) >= 11 is 5.99. The molecule has 0 aromatic heterocycles. The van der Waals surface area contributed by atoms with Crippen LogP contribution in [0.4, 0.5) is 4.39 Å². The molecule has 0 aliphatic heterocycles. The van der Waals surface area contributed by atoms with Crippen molar-refractivity contribution in [3.8, 4) is 12.3 Å². The third kappa shape index (κ3) is 5.03. The highest BCUT2D eigenvalue weighted by Crippen LogP contribution is 2.30. The van der Waals surface area contributed by atoms with Crippen LogP contribution in [-0.4, -0.2) is 0 Å². The van der Waals surface area contributed by atoms with Crippen molar-refractivity contribution in [3.05, 3.63) is 106 Å². The Kier molecular flexibility index (Phi) is 6.55. The molecule has 0 saturated heterocycles. The zero-order valence-electron chi connectivity index (χ0n) is 16.1. The van der Waals surface area contributed by atoms with Gasteiger partial charge in [-0.15, -0.1) is 6.42 Å². The average Bonchev–Trinajstić information content (AvgIpc) is 2.71. The van der Waals surface area contributed by atoms with Gasteiger partial charge in [0.2, 0.25) is 0 Å². The summed E-state index contributed by atoms with van der Waals surface area (Å²) in [6.07, 6.45) is 9.11. The molecule has 0 amide bonds. The minimum Gasteiger partial charge on any atom is -0.207 e. The van der Waals surface area contributed by atoms with Crippen LogP contribution in [0.25, 0.3) is 0 Å². The predicted molar refractivity (Wildman–Crippen MR) is 116 cm³/mol.